The molecule has 1 saturated carbocycles. The minimum atomic E-state index is -0.239. The van der Waals surface area contributed by atoms with Gasteiger partial charge in [0.25, 0.3) is 5.91 Å². The topological polar surface area (TPSA) is 71.5 Å². The Labute approximate surface area is 129 Å². The van der Waals surface area contributed by atoms with Crippen LogP contribution in [0.3, 0.4) is 0 Å². The fourth-order valence-electron chi connectivity index (χ4n) is 2.07. The average molecular weight is 298 g/mol. The fourth-order valence-corrected chi connectivity index (χ4v) is 2.07. The van der Waals surface area contributed by atoms with Crippen molar-refractivity contribution < 1.29 is 14.6 Å². The van der Waals surface area contributed by atoms with E-state index in [1.807, 2.05) is 0 Å². The number of aliphatic hydroxyl groups is 1. The van der Waals surface area contributed by atoms with Crippen LogP contribution in [0.2, 0.25) is 0 Å². The van der Waals surface area contributed by atoms with Crippen LogP contribution in [0.5, 0.6) is 5.75 Å². The Morgan fingerprint density at radius 3 is 2.73 bits per heavy atom. The first-order chi connectivity index (χ1) is 10.8. The summed E-state index contributed by atoms with van der Waals surface area (Å²) in [5.74, 6) is 1.24. The molecule has 0 aliphatic heterocycles. The Morgan fingerprint density at radius 1 is 1.27 bits per heavy atom. The van der Waals surface area contributed by atoms with Crippen molar-refractivity contribution in [3.8, 4) is 5.75 Å². The maximum Gasteiger partial charge on any atom is 0.255 e. The van der Waals surface area contributed by atoms with Gasteiger partial charge in [0.1, 0.15) is 5.75 Å². The van der Waals surface area contributed by atoms with Crippen molar-refractivity contribution in [3.05, 3.63) is 53.9 Å². The van der Waals surface area contributed by atoms with Crippen molar-refractivity contribution in [1.29, 1.82) is 0 Å². The summed E-state index contributed by atoms with van der Waals surface area (Å²) in [4.78, 5) is 16.2. The number of nitrogens with zero attached hydrogens (tertiary/aromatic N) is 1. The van der Waals surface area contributed by atoms with Gasteiger partial charge in [-0.1, -0.05) is 0 Å². The molecule has 1 aromatic heterocycles. The lowest BCUT2D eigenvalue weighted by Crippen LogP contribution is -2.13. The number of anilines is 1. The number of carbonyl (C=O) groups excluding carboxylic acids is 1. The van der Waals surface area contributed by atoms with Crippen LogP contribution in [0, 0.1) is 5.92 Å². The lowest BCUT2D eigenvalue weighted by atomic mass is 10.2. The van der Waals surface area contributed by atoms with E-state index < -0.39 is 0 Å². The maximum atomic E-state index is 12.2. The molecule has 1 aromatic carbocycles. The molecule has 0 bridgehead atoms. The molecule has 1 fully saturated rings. The first-order valence-electron chi connectivity index (χ1n) is 7.34. The highest BCUT2D eigenvalue weighted by Gasteiger charge is 2.21. The van der Waals surface area contributed by atoms with Crippen LogP contribution in [0.1, 0.15) is 28.8 Å². The molecule has 3 rings (SSSR count). The van der Waals surface area contributed by atoms with Gasteiger partial charge in [-0.05, 0) is 49.1 Å². The molecule has 2 aromatic rings. The number of nitrogens with one attached hydrogen (secondary N) is 1. The number of ether oxygens (including phenoxy) is 1. The van der Waals surface area contributed by atoms with Crippen LogP contribution < -0.4 is 10.1 Å². The second-order valence-electron chi connectivity index (χ2n) is 5.42. The van der Waals surface area contributed by atoms with Crippen LogP contribution in [-0.4, -0.2) is 22.6 Å². The molecule has 5 nitrogen and oxygen atoms in total. The SMILES string of the molecule is O=C(Nc1cnccc1CO)c1ccc(OCC2CC2)cc1. The molecule has 2 N–H and O–H groups in total. The first kappa shape index (κ1) is 14.5. The third kappa shape index (κ3) is 3.62. The van der Waals surface area contributed by atoms with Gasteiger partial charge in [0.2, 0.25) is 0 Å². The Hall–Kier alpha value is -2.40. The van der Waals surface area contributed by atoms with Crippen molar-refractivity contribution in [3.63, 3.8) is 0 Å². The Kier molecular flexibility index (Phi) is 4.34. The van der Waals surface area contributed by atoms with Gasteiger partial charge in [-0.25, -0.2) is 0 Å². The van der Waals surface area contributed by atoms with Crippen molar-refractivity contribution in [2.24, 2.45) is 5.92 Å². The minimum absolute atomic E-state index is 0.147. The van der Waals surface area contributed by atoms with Gasteiger partial charge in [-0.3, -0.25) is 9.78 Å². The second-order valence-corrected chi connectivity index (χ2v) is 5.42. The number of benzene rings is 1. The average Bonchev–Trinajstić information content (AvgIpc) is 3.38. The normalized spacial score (nSPS) is 13.7. The number of hydrogen-bond acceptors (Lipinski definition) is 4. The highest BCUT2D eigenvalue weighted by Crippen LogP contribution is 2.29. The van der Waals surface area contributed by atoms with E-state index in [1.54, 1.807) is 36.5 Å². The largest absolute Gasteiger partial charge is 0.493 e. The number of carbonyl (C=O) groups is 1. The first-order valence-corrected chi connectivity index (χ1v) is 7.34. The standard InChI is InChI=1S/C17H18N2O3/c20-10-14-7-8-18-9-16(14)19-17(21)13-3-5-15(6-4-13)22-11-12-1-2-12/h3-9,12,20H,1-2,10-11H2,(H,19,21). The maximum absolute atomic E-state index is 12.2. The molecule has 1 amide bonds. The van der Waals surface area contributed by atoms with Crippen LogP contribution in [0.15, 0.2) is 42.7 Å². The zero-order valence-corrected chi connectivity index (χ0v) is 12.2. The second kappa shape index (κ2) is 6.58. The summed E-state index contributed by atoms with van der Waals surface area (Å²) in [5.41, 5.74) is 1.68. The molecule has 0 radical (unpaired) electrons. The molecule has 0 saturated heterocycles. The van der Waals surface area contributed by atoms with E-state index >= 15 is 0 Å². The molecule has 5 heteroatoms. The zero-order valence-electron chi connectivity index (χ0n) is 12.2. The summed E-state index contributed by atoms with van der Waals surface area (Å²) in [6, 6.07) is 8.73. The summed E-state index contributed by atoms with van der Waals surface area (Å²) in [6.07, 6.45) is 5.60. The van der Waals surface area contributed by atoms with Gasteiger partial charge in [-0.2, -0.15) is 0 Å². The smallest absolute Gasteiger partial charge is 0.255 e. The van der Waals surface area contributed by atoms with Gasteiger partial charge in [0, 0.05) is 17.3 Å². The van der Waals surface area contributed by atoms with Crippen molar-refractivity contribution >= 4 is 11.6 Å². The Bertz CT molecular complexity index is 651. The van der Waals surface area contributed by atoms with Crippen molar-refractivity contribution in [2.45, 2.75) is 19.4 Å². The van der Waals surface area contributed by atoms with Crippen LogP contribution >= 0.6 is 0 Å². The summed E-state index contributed by atoms with van der Waals surface area (Å²) in [5, 5.41) is 12.0. The number of rotatable bonds is 6. The van der Waals surface area contributed by atoms with Crippen LogP contribution in [0.25, 0.3) is 0 Å². The minimum Gasteiger partial charge on any atom is -0.493 e. The molecule has 0 unspecified atom stereocenters. The van der Waals surface area contributed by atoms with E-state index in [4.69, 9.17) is 4.74 Å². The highest BCUT2D eigenvalue weighted by molar-refractivity contribution is 6.04. The molecule has 22 heavy (non-hydrogen) atoms. The van der Waals surface area contributed by atoms with E-state index in [1.165, 1.54) is 19.0 Å². The van der Waals surface area contributed by atoms with Crippen molar-refractivity contribution in [2.75, 3.05) is 11.9 Å². The van der Waals surface area contributed by atoms with E-state index in [0.29, 0.717) is 22.7 Å². The molecule has 114 valence electrons. The third-order valence-corrected chi connectivity index (χ3v) is 3.63. The number of amides is 1. The van der Waals surface area contributed by atoms with E-state index in [9.17, 15) is 9.90 Å². The van der Waals surface area contributed by atoms with Crippen LogP contribution in [-0.2, 0) is 6.61 Å². The number of hydrogen-bond donors (Lipinski definition) is 2. The summed E-state index contributed by atoms with van der Waals surface area (Å²) >= 11 is 0. The highest BCUT2D eigenvalue weighted by atomic mass is 16.5. The van der Waals surface area contributed by atoms with Crippen molar-refractivity contribution in [1.82, 2.24) is 4.98 Å². The van der Waals surface area contributed by atoms with Gasteiger partial charge in [0.05, 0.1) is 25.1 Å². The third-order valence-electron chi connectivity index (χ3n) is 3.63. The number of aliphatic hydroxyl groups excluding tert-OH is 1. The number of pyridine rings is 1. The Morgan fingerprint density at radius 2 is 2.05 bits per heavy atom. The quantitative estimate of drug-likeness (QED) is 0.860. The Balaban J connectivity index is 1.63. The van der Waals surface area contributed by atoms with Gasteiger partial charge >= 0.3 is 0 Å². The molecule has 0 atom stereocenters. The molecule has 1 aliphatic carbocycles. The monoisotopic (exact) mass is 298 g/mol. The van der Waals surface area contributed by atoms with E-state index in [2.05, 4.69) is 10.3 Å². The van der Waals surface area contributed by atoms with Gasteiger partial charge < -0.3 is 15.2 Å². The molecule has 0 spiro atoms. The summed E-state index contributed by atoms with van der Waals surface area (Å²) in [6.45, 7) is 0.604. The predicted molar refractivity (Wildman–Crippen MR) is 82.8 cm³/mol. The fraction of sp³-hybridized carbons (Fsp3) is 0.294. The summed E-state index contributed by atoms with van der Waals surface area (Å²) < 4.78 is 5.64. The lowest BCUT2D eigenvalue weighted by Gasteiger charge is -2.09. The van der Waals surface area contributed by atoms with E-state index in [-0.39, 0.29) is 12.5 Å². The van der Waals surface area contributed by atoms with Gasteiger partial charge in [0.15, 0.2) is 0 Å². The molecular formula is C17H18N2O3. The predicted octanol–water partition coefficient (Wildman–Crippen LogP) is 2.62. The molecular weight excluding hydrogens is 280 g/mol. The molecule has 1 heterocycles. The van der Waals surface area contributed by atoms with E-state index in [0.717, 1.165) is 12.4 Å². The zero-order chi connectivity index (χ0) is 15.4. The molecule has 1 aliphatic rings. The lowest BCUT2D eigenvalue weighted by molar-refractivity contribution is 0.102. The summed E-state index contributed by atoms with van der Waals surface area (Å²) in [7, 11) is 0. The number of aromatic nitrogens is 1. The van der Waals surface area contributed by atoms with Gasteiger partial charge in [-0.15, -0.1) is 0 Å². The van der Waals surface area contributed by atoms with Crippen LogP contribution in [0.4, 0.5) is 5.69 Å².